The number of rotatable bonds is 8. The van der Waals surface area contributed by atoms with Gasteiger partial charge in [0, 0.05) is 23.5 Å². The van der Waals surface area contributed by atoms with Crippen molar-refractivity contribution in [2.45, 2.75) is 13.0 Å². The number of ether oxygens (including phenoxy) is 2. The Kier molecular flexibility index (Phi) is 7.00. The summed E-state index contributed by atoms with van der Waals surface area (Å²) in [5.41, 5.74) is 1.90. The highest BCUT2D eigenvalue weighted by atomic mass is 16.5. The molecule has 3 aromatic rings. The summed E-state index contributed by atoms with van der Waals surface area (Å²) in [5, 5.41) is 5.64. The third kappa shape index (κ3) is 5.81. The first kappa shape index (κ1) is 20.9. The summed E-state index contributed by atoms with van der Waals surface area (Å²) in [7, 11) is 1.56. The van der Waals surface area contributed by atoms with E-state index in [4.69, 9.17) is 9.47 Å². The van der Waals surface area contributed by atoms with E-state index in [1.807, 2.05) is 25.1 Å². The monoisotopic (exact) mass is 405 g/mol. The molecule has 1 atom stereocenters. The number of anilines is 1. The molecule has 0 bridgehead atoms. The molecule has 2 amide bonds. The predicted octanol–water partition coefficient (Wildman–Crippen LogP) is 3.60. The van der Waals surface area contributed by atoms with Crippen LogP contribution in [0, 0.1) is 0 Å². The van der Waals surface area contributed by atoms with Crippen LogP contribution in [0.4, 0.5) is 5.69 Å². The third-order valence-electron chi connectivity index (χ3n) is 4.32. The standard InChI is InChI=1S/C23H23N3O4/c1-16(21-8-3-4-13-24-21)25-23(28)17-9-11-19(12-10-17)30-15-22(27)26-18-6-5-7-20(14-18)29-2/h3-14,16H,15H2,1-2H3,(H,25,28)(H,26,27). The smallest absolute Gasteiger partial charge is 0.262 e. The predicted molar refractivity (Wildman–Crippen MR) is 114 cm³/mol. The highest BCUT2D eigenvalue weighted by Gasteiger charge is 2.12. The second kappa shape index (κ2) is 10.1. The largest absolute Gasteiger partial charge is 0.497 e. The van der Waals surface area contributed by atoms with E-state index in [0.717, 1.165) is 5.69 Å². The normalized spacial score (nSPS) is 11.3. The molecule has 1 heterocycles. The molecule has 3 rings (SSSR count). The maximum absolute atomic E-state index is 12.4. The Morgan fingerprint density at radius 1 is 1.00 bits per heavy atom. The number of aromatic nitrogens is 1. The van der Waals surface area contributed by atoms with Crippen LogP contribution in [-0.2, 0) is 4.79 Å². The van der Waals surface area contributed by atoms with Crippen LogP contribution in [0.1, 0.15) is 29.0 Å². The number of nitrogens with zero attached hydrogens (tertiary/aromatic N) is 1. The minimum atomic E-state index is -0.297. The zero-order valence-electron chi connectivity index (χ0n) is 16.8. The van der Waals surface area contributed by atoms with Gasteiger partial charge in [0.1, 0.15) is 11.5 Å². The van der Waals surface area contributed by atoms with Crippen molar-refractivity contribution in [1.29, 1.82) is 0 Å². The van der Waals surface area contributed by atoms with Gasteiger partial charge in [0.15, 0.2) is 6.61 Å². The van der Waals surface area contributed by atoms with Crippen molar-refractivity contribution in [3.8, 4) is 11.5 Å². The van der Waals surface area contributed by atoms with E-state index in [1.54, 1.807) is 61.8 Å². The van der Waals surface area contributed by atoms with Gasteiger partial charge >= 0.3 is 0 Å². The quantitative estimate of drug-likeness (QED) is 0.598. The lowest BCUT2D eigenvalue weighted by molar-refractivity contribution is -0.118. The van der Waals surface area contributed by atoms with Gasteiger partial charge in [0.25, 0.3) is 11.8 Å². The number of carbonyl (C=O) groups is 2. The van der Waals surface area contributed by atoms with Crippen LogP contribution >= 0.6 is 0 Å². The summed E-state index contributed by atoms with van der Waals surface area (Å²) < 4.78 is 10.6. The Hall–Kier alpha value is -3.87. The molecule has 2 N–H and O–H groups in total. The van der Waals surface area contributed by atoms with Crippen LogP contribution < -0.4 is 20.1 Å². The SMILES string of the molecule is COc1cccc(NC(=O)COc2ccc(C(=O)NC(C)c3ccccn3)cc2)c1. The minimum absolute atomic E-state index is 0.153. The zero-order valence-corrected chi connectivity index (χ0v) is 16.8. The van der Waals surface area contributed by atoms with Crippen molar-refractivity contribution in [2.75, 3.05) is 19.0 Å². The molecule has 0 aliphatic carbocycles. The molecule has 0 saturated heterocycles. The average molecular weight is 405 g/mol. The highest BCUT2D eigenvalue weighted by Crippen LogP contribution is 2.17. The van der Waals surface area contributed by atoms with Crippen LogP contribution in [0.3, 0.4) is 0 Å². The molecular weight excluding hydrogens is 382 g/mol. The van der Waals surface area contributed by atoms with Gasteiger partial charge in [-0.2, -0.15) is 0 Å². The molecule has 0 aliphatic rings. The lowest BCUT2D eigenvalue weighted by Gasteiger charge is -2.13. The Morgan fingerprint density at radius 3 is 2.50 bits per heavy atom. The molecule has 30 heavy (non-hydrogen) atoms. The minimum Gasteiger partial charge on any atom is -0.497 e. The van der Waals surface area contributed by atoms with Crippen LogP contribution in [0.2, 0.25) is 0 Å². The fourth-order valence-electron chi connectivity index (χ4n) is 2.74. The van der Waals surface area contributed by atoms with Crippen molar-refractivity contribution >= 4 is 17.5 Å². The summed E-state index contributed by atoms with van der Waals surface area (Å²) in [4.78, 5) is 28.7. The molecular formula is C23H23N3O4. The zero-order chi connectivity index (χ0) is 21.3. The van der Waals surface area contributed by atoms with Gasteiger partial charge in [-0.3, -0.25) is 14.6 Å². The molecule has 0 spiro atoms. The Labute approximate surface area is 175 Å². The molecule has 0 saturated carbocycles. The topological polar surface area (TPSA) is 89.5 Å². The molecule has 7 nitrogen and oxygen atoms in total. The summed E-state index contributed by atoms with van der Waals surface area (Å²) in [6.45, 7) is 1.72. The maximum Gasteiger partial charge on any atom is 0.262 e. The van der Waals surface area contributed by atoms with E-state index in [-0.39, 0.29) is 24.5 Å². The lowest BCUT2D eigenvalue weighted by Crippen LogP contribution is -2.27. The average Bonchev–Trinajstić information content (AvgIpc) is 2.78. The van der Waals surface area contributed by atoms with Crippen molar-refractivity contribution in [3.05, 3.63) is 84.2 Å². The van der Waals surface area contributed by atoms with Crippen molar-refractivity contribution in [1.82, 2.24) is 10.3 Å². The van der Waals surface area contributed by atoms with Gasteiger partial charge in [-0.05, 0) is 55.5 Å². The Morgan fingerprint density at radius 2 is 1.80 bits per heavy atom. The van der Waals surface area contributed by atoms with Crippen LogP contribution in [-0.4, -0.2) is 30.5 Å². The van der Waals surface area contributed by atoms with Crippen LogP contribution in [0.5, 0.6) is 11.5 Å². The number of nitrogens with one attached hydrogen (secondary N) is 2. The van der Waals surface area contributed by atoms with Crippen molar-refractivity contribution in [2.24, 2.45) is 0 Å². The highest BCUT2D eigenvalue weighted by molar-refractivity contribution is 5.94. The molecule has 0 radical (unpaired) electrons. The van der Waals surface area contributed by atoms with Crippen molar-refractivity contribution in [3.63, 3.8) is 0 Å². The number of hydrogen-bond donors (Lipinski definition) is 2. The summed E-state index contributed by atoms with van der Waals surface area (Å²) >= 11 is 0. The fourth-order valence-corrected chi connectivity index (χ4v) is 2.74. The van der Waals surface area contributed by atoms with E-state index in [1.165, 1.54) is 0 Å². The summed E-state index contributed by atoms with van der Waals surface area (Å²) in [5.74, 6) is 0.634. The van der Waals surface area contributed by atoms with Gasteiger partial charge in [-0.15, -0.1) is 0 Å². The van der Waals surface area contributed by atoms with E-state index < -0.39 is 0 Å². The number of amides is 2. The van der Waals surface area contributed by atoms with E-state index in [0.29, 0.717) is 22.7 Å². The van der Waals surface area contributed by atoms with Crippen LogP contribution in [0.25, 0.3) is 0 Å². The molecule has 1 aromatic heterocycles. The number of hydrogen-bond acceptors (Lipinski definition) is 5. The Bertz CT molecular complexity index is 991. The van der Waals surface area contributed by atoms with Crippen LogP contribution in [0.15, 0.2) is 72.9 Å². The summed E-state index contributed by atoms with van der Waals surface area (Å²) in [6.07, 6.45) is 1.69. The number of benzene rings is 2. The molecule has 154 valence electrons. The second-order valence-corrected chi connectivity index (χ2v) is 6.54. The molecule has 0 aliphatic heterocycles. The summed E-state index contributed by atoms with van der Waals surface area (Å²) in [6, 6.07) is 19.0. The van der Waals surface area contributed by atoms with E-state index in [2.05, 4.69) is 15.6 Å². The first-order valence-corrected chi connectivity index (χ1v) is 9.43. The Balaban J connectivity index is 1.50. The molecule has 1 unspecified atom stereocenters. The second-order valence-electron chi connectivity index (χ2n) is 6.54. The molecule has 0 fully saturated rings. The van der Waals surface area contributed by atoms with Gasteiger partial charge < -0.3 is 20.1 Å². The van der Waals surface area contributed by atoms with E-state index >= 15 is 0 Å². The van der Waals surface area contributed by atoms with Gasteiger partial charge in [-0.25, -0.2) is 0 Å². The number of methoxy groups -OCH3 is 1. The molecule has 7 heteroatoms. The fraction of sp³-hybridized carbons (Fsp3) is 0.174. The van der Waals surface area contributed by atoms with Crippen molar-refractivity contribution < 1.29 is 19.1 Å². The maximum atomic E-state index is 12.4. The first-order chi connectivity index (χ1) is 14.5. The number of carbonyl (C=O) groups excluding carboxylic acids is 2. The number of pyridine rings is 1. The first-order valence-electron chi connectivity index (χ1n) is 9.43. The van der Waals surface area contributed by atoms with Gasteiger partial charge in [0.05, 0.1) is 18.8 Å². The molecule has 2 aromatic carbocycles. The van der Waals surface area contributed by atoms with E-state index in [9.17, 15) is 9.59 Å². The lowest BCUT2D eigenvalue weighted by atomic mass is 10.1. The van der Waals surface area contributed by atoms with Gasteiger partial charge in [0.2, 0.25) is 0 Å². The van der Waals surface area contributed by atoms with Gasteiger partial charge in [-0.1, -0.05) is 12.1 Å². The third-order valence-corrected chi connectivity index (χ3v) is 4.32.